The van der Waals surface area contributed by atoms with Crippen LogP contribution in [0, 0.1) is 0 Å². The number of rotatable bonds is 3. The Morgan fingerprint density at radius 2 is 2.25 bits per heavy atom. The molecule has 0 radical (unpaired) electrons. The molecule has 5 heteroatoms. The largest absolute Gasteiger partial charge is 0.493 e. The van der Waals surface area contributed by atoms with Crippen LogP contribution in [0.2, 0.25) is 0 Å². The molecule has 1 aliphatic rings. The minimum absolute atomic E-state index is 0.0507. The van der Waals surface area contributed by atoms with E-state index in [1.54, 1.807) is 10.9 Å². The van der Waals surface area contributed by atoms with Crippen LogP contribution in [0.5, 0.6) is 5.75 Å². The molecule has 1 aromatic heterocycles. The summed E-state index contributed by atoms with van der Waals surface area (Å²) in [5.41, 5.74) is 4.83. The number of hydrogen-bond donors (Lipinski definition) is 1. The fourth-order valence-electron chi connectivity index (χ4n) is 2.28. The van der Waals surface area contributed by atoms with Gasteiger partial charge in [-0.25, -0.2) is 4.39 Å². The number of hydrogen-bond acceptors (Lipinski definition) is 3. The predicted octanol–water partition coefficient (Wildman–Crippen LogP) is 1.76. The van der Waals surface area contributed by atoms with Crippen molar-refractivity contribution in [2.45, 2.75) is 44.4 Å². The zero-order valence-corrected chi connectivity index (χ0v) is 9.90. The molecule has 2 N–H and O–H groups in total. The van der Waals surface area contributed by atoms with E-state index in [1.165, 1.54) is 7.11 Å². The van der Waals surface area contributed by atoms with Crippen LogP contribution in [0.15, 0.2) is 6.20 Å². The minimum Gasteiger partial charge on any atom is -0.493 e. The number of methoxy groups -OCH3 is 1. The second-order valence-electron chi connectivity index (χ2n) is 4.73. The van der Waals surface area contributed by atoms with E-state index in [0.29, 0.717) is 24.3 Å². The van der Waals surface area contributed by atoms with Gasteiger partial charge in [0.15, 0.2) is 11.4 Å². The average Bonchev–Trinajstić information content (AvgIpc) is 2.58. The fraction of sp³-hybridized carbons (Fsp3) is 0.727. The molecular formula is C11H18FN3O. The number of nitrogens with two attached hydrogens (primary N) is 1. The van der Waals surface area contributed by atoms with Gasteiger partial charge < -0.3 is 10.5 Å². The van der Waals surface area contributed by atoms with Crippen molar-refractivity contribution in [1.29, 1.82) is 0 Å². The van der Waals surface area contributed by atoms with Crippen LogP contribution in [0.3, 0.4) is 0 Å². The van der Waals surface area contributed by atoms with Gasteiger partial charge in [0, 0.05) is 24.9 Å². The average molecular weight is 227 g/mol. The molecule has 1 aromatic rings. The molecule has 1 fully saturated rings. The van der Waals surface area contributed by atoms with E-state index < -0.39 is 5.67 Å². The first-order valence-electron chi connectivity index (χ1n) is 5.54. The van der Waals surface area contributed by atoms with Crippen molar-refractivity contribution < 1.29 is 9.13 Å². The highest BCUT2D eigenvalue weighted by atomic mass is 19.1. The Kier molecular flexibility index (Phi) is 2.66. The molecule has 0 bridgehead atoms. The van der Waals surface area contributed by atoms with E-state index in [-0.39, 0.29) is 12.1 Å². The van der Waals surface area contributed by atoms with Gasteiger partial charge in [0.2, 0.25) is 0 Å². The van der Waals surface area contributed by atoms with Gasteiger partial charge in [-0.1, -0.05) is 0 Å². The summed E-state index contributed by atoms with van der Waals surface area (Å²) in [4.78, 5) is 0. The quantitative estimate of drug-likeness (QED) is 0.856. The van der Waals surface area contributed by atoms with Crippen LogP contribution in [0.1, 0.15) is 38.4 Å². The zero-order chi connectivity index (χ0) is 11.9. The number of aromatic nitrogens is 2. The van der Waals surface area contributed by atoms with Crippen molar-refractivity contribution >= 4 is 0 Å². The van der Waals surface area contributed by atoms with Crippen molar-refractivity contribution in [3.8, 4) is 5.75 Å². The minimum atomic E-state index is -1.37. The maximum Gasteiger partial charge on any atom is 0.163 e. The second-order valence-corrected chi connectivity index (χ2v) is 4.73. The van der Waals surface area contributed by atoms with Crippen LogP contribution >= 0.6 is 0 Å². The highest BCUT2D eigenvalue weighted by molar-refractivity contribution is 5.34. The molecule has 0 aliphatic heterocycles. The third-order valence-electron chi connectivity index (χ3n) is 3.07. The number of alkyl halides is 1. The van der Waals surface area contributed by atoms with Gasteiger partial charge in [-0.05, 0) is 13.8 Å². The molecule has 0 spiro atoms. The predicted molar refractivity (Wildman–Crippen MR) is 59.2 cm³/mol. The summed E-state index contributed by atoms with van der Waals surface area (Å²) < 4.78 is 21.4. The number of ether oxygens (including phenoxy) is 1. The lowest BCUT2D eigenvalue weighted by atomic mass is 9.75. The SMILES string of the molecule is COc1cnn(C(C)C)c1C1(F)CC(N)C1. The summed E-state index contributed by atoms with van der Waals surface area (Å²) in [6, 6.07) is 0.0635. The highest BCUT2D eigenvalue weighted by Crippen LogP contribution is 2.48. The van der Waals surface area contributed by atoms with Crippen molar-refractivity contribution in [2.24, 2.45) is 5.73 Å². The maximum atomic E-state index is 14.6. The standard InChI is InChI=1S/C11H18FN3O/c1-7(2)15-10(9(16-3)6-14-15)11(12)4-8(13)5-11/h6-8H,4-5,13H2,1-3H3. The first-order valence-corrected chi connectivity index (χ1v) is 5.54. The molecule has 4 nitrogen and oxygen atoms in total. The maximum absolute atomic E-state index is 14.6. The monoisotopic (exact) mass is 227 g/mol. The van der Waals surface area contributed by atoms with E-state index in [4.69, 9.17) is 10.5 Å². The molecule has 0 atom stereocenters. The lowest BCUT2D eigenvalue weighted by Crippen LogP contribution is -2.47. The molecule has 90 valence electrons. The summed E-state index contributed by atoms with van der Waals surface area (Å²) in [6.07, 6.45) is 2.27. The lowest BCUT2D eigenvalue weighted by molar-refractivity contribution is 0.0274. The summed E-state index contributed by atoms with van der Waals surface area (Å²) in [7, 11) is 1.53. The third-order valence-corrected chi connectivity index (χ3v) is 3.07. The Hall–Kier alpha value is -1.10. The van der Waals surface area contributed by atoms with E-state index >= 15 is 0 Å². The second kappa shape index (κ2) is 3.73. The Labute approximate surface area is 94.6 Å². The zero-order valence-electron chi connectivity index (χ0n) is 9.90. The molecule has 16 heavy (non-hydrogen) atoms. The van der Waals surface area contributed by atoms with Crippen molar-refractivity contribution in [2.75, 3.05) is 7.11 Å². The van der Waals surface area contributed by atoms with Gasteiger partial charge in [-0.2, -0.15) is 5.10 Å². The van der Waals surface area contributed by atoms with Crippen LogP contribution in [0.4, 0.5) is 4.39 Å². The molecule has 2 rings (SSSR count). The van der Waals surface area contributed by atoms with E-state index in [9.17, 15) is 4.39 Å². The van der Waals surface area contributed by atoms with Crippen LogP contribution in [-0.4, -0.2) is 22.9 Å². The normalized spacial score (nSPS) is 29.2. The molecule has 0 amide bonds. The summed E-state index contributed by atoms with van der Waals surface area (Å²) in [5.74, 6) is 0.517. The van der Waals surface area contributed by atoms with Crippen molar-refractivity contribution in [3.63, 3.8) is 0 Å². The smallest absolute Gasteiger partial charge is 0.163 e. The third kappa shape index (κ3) is 1.59. The summed E-state index contributed by atoms with van der Waals surface area (Å²) in [5, 5.41) is 4.17. The molecule has 1 saturated carbocycles. The van der Waals surface area contributed by atoms with Gasteiger partial charge in [0.05, 0.1) is 13.3 Å². The number of halogens is 1. The molecule has 1 aliphatic carbocycles. The summed E-state index contributed by atoms with van der Waals surface area (Å²) in [6.45, 7) is 3.94. The first-order chi connectivity index (χ1) is 7.48. The molecule has 0 aromatic carbocycles. The Morgan fingerprint density at radius 3 is 2.69 bits per heavy atom. The van der Waals surface area contributed by atoms with Crippen molar-refractivity contribution in [3.05, 3.63) is 11.9 Å². The van der Waals surface area contributed by atoms with Gasteiger partial charge in [-0.3, -0.25) is 4.68 Å². The van der Waals surface area contributed by atoms with E-state index in [2.05, 4.69) is 5.10 Å². The topological polar surface area (TPSA) is 53.1 Å². The Balaban J connectivity index is 2.41. The Bertz CT molecular complexity index is 383. The van der Waals surface area contributed by atoms with Gasteiger partial charge in [0.25, 0.3) is 0 Å². The van der Waals surface area contributed by atoms with Gasteiger partial charge in [-0.15, -0.1) is 0 Å². The molecule has 1 heterocycles. The summed E-state index contributed by atoms with van der Waals surface area (Å²) >= 11 is 0. The van der Waals surface area contributed by atoms with Gasteiger partial charge >= 0.3 is 0 Å². The number of nitrogens with zero attached hydrogens (tertiary/aromatic N) is 2. The van der Waals surface area contributed by atoms with Crippen molar-refractivity contribution in [1.82, 2.24) is 9.78 Å². The van der Waals surface area contributed by atoms with Gasteiger partial charge in [0.1, 0.15) is 5.69 Å². The fourth-order valence-corrected chi connectivity index (χ4v) is 2.28. The Morgan fingerprint density at radius 1 is 1.62 bits per heavy atom. The first kappa shape index (κ1) is 11.4. The van der Waals surface area contributed by atoms with E-state index in [0.717, 1.165) is 0 Å². The van der Waals surface area contributed by atoms with E-state index in [1.807, 2.05) is 13.8 Å². The highest BCUT2D eigenvalue weighted by Gasteiger charge is 2.49. The lowest BCUT2D eigenvalue weighted by Gasteiger charge is -2.40. The van der Waals surface area contributed by atoms with Crippen LogP contribution < -0.4 is 10.5 Å². The van der Waals surface area contributed by atoms with Crippen LogP contribution in [-0.2, 0) is 5.67 Å². The molecule has 0 unspecified atom stereocenters. The molecule has 0 saturated heterocycles. The molecular weight excluding hydrogens is 209 g/mol. The van der Waals surface area contributed by atoms with Crippen LogP contribution in [0.25, 0.3) is 0 Å².